The van der Waals surface area contributed by atoms with Crippen LogP contribution in [0.25, 0.3) is 0 Å². The van der Waals surface area contributed by atoms with Crippen LogP contribution in [0.1, 0.15) is 37.3 Å². The van der Waals surface area contributed by atoms with Crippen molar-refractivity contribution in [3.05, 3.63) is 50.4 Å². The van der Waals surface area contributed by atoms with Crippen molar-refractivity contribution < 1.29 is 17.5 Å². The van der Waals surface area contributed by atoms with Crippen LogP contribution in [0.5, 0.6) is 0 Å². The van der Waals surface area contributed by atoms with Crippen molar-refractivity contribution in [2.45, 2.75) is 42.3 Å². The van der Waals surface area contributed by atoms with Gasteiger partial charge in [-0.3, -0.25) is 4.79 Å². The molecule has 0 radical (unpaired) electrons. The van der Waals surface area contributed by atoms with E-state index >= 15 is 0 Å². The molecule has 9 nitrogen and oxygen atoms in total. The number of rotatable bonds is 6. The molecule has 188 valence electrons. The zero-order valence-electron chi connectivity index (χ0n) is 18.7. The Morgan fingerprint density at radius 2 is 2.06 bits per heavy atom. The lowest BCUT2D eigenvalue weighted by Gasteiger charge is -2.32. The maximum Gasteiger partial charge on any atom is 0.287 e. The van der Waals surface area contributed by atoms with Crippen LogP contribution >= 0.6 is 23.2 Å². The summed E-state index contributed by atoms with van der Waals surface area (Å²) in [5.41, 5.74) is -1.64. The molecule has 1 aromatic carbocycles. The number of nitrogens with one attached hydrogen (secondary N) is 1. The van der Waals surface area contributed by atoms with Gasteiger partial charge in [-0.1, -0.05) is 23.2 Å². The summed E-state index contributed by atoms with van der Waals surface area (Å²) >= 11 is 12.4. The molecule has 0 unspecified atom stereocenters. The van der Waals surface area contributed by atoms with E-state index in [1.54, 1.807) is 0 Å². The Labute approximate surface area is 212 Å². The Morgan fingerprint density at radius 3 is 2.71 bits per heavy atom. The van der Waals surface area contributed by atoms with Gasteiger partial charge in [0.15, 0.2) is 5.67 Å². The number of benzene rings is 1. The zero-order valence-corrected chi connectivity index (χ0v) is 21.0. The normalized spacial score (nSPS) is 22.0. The van der Waals surface area contributed by atoms with Crippen molar-refractivity contribution in [1.82, 2.24) is 14.1 Å². The molecule has 0 spiro atoms. The molecule has 2 aliphatic rings. The number of alkyl halides is 1. The number of hydrogen-bond acceptors (Lipinski definition) is 7. The molecule has 0 aliphatic carbocycles. The zero-order chi connectivity index (χ0) is 25.2. The molecule has 13 heteroatoms. The summed E-state index contributed by atoms with van der Waals surface area (Å²) in [6.07, 6.45) is 3.02. The Hall–Kier alpha value is -2.23. The van der Waals surface area contributed by atoms with Crippen LogP contribution in [0.3, 0.4) is 0 Å². The van der Waals surface area contributed by atoms with Gasteiger partial charge in [-0.2, -0.15) is 14.7 Å². The minimum absolute atomic E-state index is 0.0182. The topological polar surface area (TPSA) is 117 Å². The number of hydrogen-bond donors (Lipinski definition) is 1. The predicted molar refractivity (Wildman–Crippen MR) is 129 cm³/mol. The summed E-state index contributed by atoms with van der Waals surface area (Å²) in [6.45, 7) is 0.731. The van der Waals surface area contributed by atoms with Gasteiger partial charge in [-0.25, -0.2) is 17.5 Å². The summed E-state index contributed by atoms with van der Waals surface area (Å²) < 4.78 is 48.7. The number of anilines is 1. The van der Waals surface area contributed by atoms with E-state index in [0.717, 1.165) is 0 Å². The van der Waals surface area contributed by atoms with E-state index in [1.807, 2.05) is 6.07 Å². The number of halogens is 3. The van der Waals surface area contributed by atoms with E-state index in [4.69, 9.17) is 33.2 Å². The highest BCUT2D eigenvalue weighted by atomic mass is 35.5. The smallest absolute Gasteiger partial charge is 0.287 e. The number of nitrogens with zero attached hydrogens (tertiary/aromatic N) is 4. The second-order valence-corrected chi connectivity index (χ2v) is 11.4. The second kappa shape index (κ2) is 10.4. The van der Waals surface area contributed by atoms with Crippen LogP contribution in [0.15, 0.2) is 34.1 Å². The lowest BCUT2D eigenvalue weighted by molar-refractivity contribution is -0.0234. The van der Waals surface area contributed by atoms with Gasteiger partial charge in [-0.15, -0.1) is 0 Å². The lowest BCUT2D eigenvalue weighted by Crippen LogP contribution is -2.42. The highest BCUT2D eigenvalue weighted by Gasteiger charge is 2.34. The van der Waals surface area contributed by atoms with E-state index in [1.165, 1.54) is 33.4 Å². The first-order valence-electron chi connectivity index (χ1n) is 11.1. The van der Waals surface area contributed by atoms with Gasteiger partial charge < -0.3 is 10.1 Å². The number of ether oxygens (including phenoxy) is 1. The summed E-state index contributed by atoms with van der Waals surface area (Å²) in [5, 5.41) is 16.1. The molecule has 0 amide bonds. The fourth-order valence-electron chi connectivity index (χ4n) is 4.28. The molecule has 2 aromatic rings. The minimum atomic E-state index is -3.92. The molecule has 1 N–H and O–H groups in total. The van der Waals surface area contributed by atoms with Crippen LogP contribution in [0.4, 0.5) is 10.1 Å². The average Bonchev–Trinajstić information content (AvgIpc) is 2.86. The van der Waals surface area contributed by atoms with E-state index in [2.05, 4.69) is 10.4 Å². The molecule has 1 aromatic heterocycles. The summed E-state index contributed by atoms with van der Waals surface area (Å²) in [4.78, 5) is 12.7. The molecular formula is C22H24Cl2FN5O4S. The van der Waals surface area contributed by atoms with Crippen molar-refractivity contribution in [1.29, 1.82) is 5.26 Å². The van der Waals surface area contributed by atoms with Gasteiger partial charge in [0, 0.05) is 19.7 Å². The molecule has 1 atom stereocenters. The Kier molecular flexibility index (Phi) is 7.68. The number of sulfonamides is 1. The monoisotopic (exact) mass is 543 g/mol. The largest absolute Gasteiger partial charge is 0.379 e. The number of aromatic nitrogens is 2. The average molecular weight is 544 g/mol. The first-order chi connectivity index (χ1) is 16.6. The molecule has 3 heterocycles. The SMILES string of the molecule is N#Cc1ccc(Cl)c(S(=O)(=O)N2CCC(n3ncc(NC[C@@]4(F)CCCOC4)c(Cl)c3=O)CC2)c1. The van der Waals surface area contributed by atoms with E-state index < -0.39 is 21.3 Å². The summed E-state index contributed by atoms with van der Waals surface area (Å²) in [7, 11) is -3.92. The third-order valence-electron chi connectivity index (χ3n) is 6.26. The quantitative estimate of drug-likeness (QED) is 0.593. The van der Waals surface area contributed by atoms with Gasteiger partial charge in [0.25, 0.3) is 5.56 Å². The second-order valence-electron chi connectivity index (χ2n) is 8.67. The molecule has 2 aliphatic heterocycles. The van der Waals surface area contributed by atoms with Crippen LogP contribution in [0.2, 0.25) is 10.0 Å². The first-order valence-corrected chi connectivity index (χ1v) is 13.3. The standard InChI is InChI=1S/C22H24Cl2FN5O4S/c23-17-3-2-15(11-26)10-19(17)35(32,33)29-7-4-16(5-8-29)30-21(31)20(24)18(12-28-30)27-13-22(25)6-1-9-34-14-22/h2-3,10,12,16,27H,1,4-9,13-14H2/t22-/m0/s1. The summed E-state index contributed by atoms with van der Waals surface area (Å²) in [6, 6.07) is 5.63. The van der Waals surface area contributed by atoms with Crippen molar-refractivity contribution in [3.8, 4) is 6.07 Å². The molecule has 0 bridgehead atoms. The third-order valence-corrected chi connectivity index (χ3v) is 9.01. The number of nitriles is 1. The molecule has 2 saturated heterocycles. The van der Waals surface area contributed by atoms with Crippen LogP contribution in [0, 0.1) is 11.3 Å². The van der Waals surface area contributed by atoms with Crippen LogP contribution < -0.4 is 10.9 Å². The van der Waals surface area contributed by atoms with Crippen LogP contribution in [-0.4, -0.2) is 61.0 Å². The van der Waals surface area contributed by atoms with Gasteiger partial charge >= 0.3 is 0 Å². The van der Waals surface area contributed by atoms with Crippen molar-refractivity contribution >= 4 is 38.9 Å². The van der Waals surface area contributed by atoms with Crippen LogP contribution in [-0.2, 0) is 14.8 Å². The van der Waals surface area contributed by atoms with E-state index in [-0.39, 0.29) is 58.5 Å². The third kappa shape index (κ3) is 5.47. The fraction of sp³-hybridized carbons (Fsp3) is 0.500. The van der Waals surface area contributed by atoms with Gasteiger partial charge in [-0.05, 0) is 43.9 Å². The highest BCUT2D eigenvalue weighted by Crippen LogP contribution is 2.31. The Balaban J connectivity index is 1.44. The Morgan fingerprint density at radius 1 is 1.31 bits per heavy atom. The molecule has 35 heavy (non-hydrogen) atoms. The maximum absolute atomic E-state index is 14.8. The van der Waals surface area contributed by atoms with Crippen molar-refractivity contribution in [2.75, 3.05) is 38.2 Å². The lowest BCUT2D eigenvalue weighted by atomic mass is 9.99. The van der Waals surface area contributed by atoms with E-state index in [0.29, 0.717) is 32.3 Å². The Bertz CT molecular complexity index is 1300. The van der Waals surface area contributed by atoms with Crippen molar-refractivity contribution in [3.63, 3.8) is 0 Å². The fourth-order valence-corrected chi connectivity index (χ4v) is 6.45. The first kappa shape index (κ1) is 25.9. The van der Waals surface area contributed by atoms with Gasteiger partial charge in [0.2, 0.25) is 10.0 Å². The predicted octanol–water partition coefficient (Wildman–Crippen LogP) is 3.38. The summed E-state index contributed by atoms with van der Waals surface area (Å²) in [5.74, 6) is 0. The van der Waals surface area contributed by atoms with E-state index in [9.17, 15) is 17.6 Å². The highest BCUT2D eigenvalue weighted by molar-refractivity contribution is 7.89. The minimum Gasteiger partial charge on any atom is -0.379 e. The van der Waals surface area contributed by atoms with Crippen molar-refractivity contribution in [2.24, 2.45) is 0 Å². The number of piperidine rings is 1. The van der Waals surface area contributed by atoms with Gasteiger partial charge in [0.1, 0.15) is 9.92 Å². The molecule has 4 rings (SSSR count). The molecule has 0 saturated carbocycles. The maximum atomic E-state index is 14.8. The van der Waals surface area contributed by atoms with Gasteiger partial charge in [0.05, 0.1) is 47.7 Å². The molecular weight excluding hydrogens is 520 g/mol. The molecule has 2 fully saturated rings.